The van der Waals surface area contributed by atoms with Gasteiger partial charge in [0.1, 0.15) is 34.3 Å². The summed E-state index contributed by atoms with van der Waals surface area (Å²) in [5.41, 5.74) is 26.1. The Kier molecular flexibility index (Phi) is 23.8. The van der Waals surface area contributed by atoms with E-state index in [9.17, 15) is 14.4 Å². The molecule has 0 fully saturated rings. The van der Waals surface area contributed by atoms with Crippen molar-refractivity contribution < 1.29 is 28.6 Å². The topological polar surface area (TPSA) is 183 Å². The van der Waals surface area contributed by atoms with Crippen LogP contribution in [0.4, 0.5) is 0 Å². The van der Waals surface area contributed by atoms with E-state index in [1.807, 2.05) is 165 Å². The molecule has 9 heterocycles. The number of aryl methyl sites for hydroxylation is 16. The van der Waals surface area contributed by atoms with E-state index in [-0.39, 0.29) is 35.8 Å². The summed E-state index contributed by atoms with van der Waals surface area (Å²) in [6.07, 6.45) is 5.25. The highest BCUT2D eigenvalue weighted by molar-refractivity contribution is 6.37. The van der Waals surface area contributed by atoms with Gasteiger partial charge in [-0.15, -0.1) is 0 Å². The Morgan fingerprint density at radius 1 is 0.420 bits per heavy atom. The second-order valence-electron chi connectivity index (χ2n) is 30.6. The van der Waals surface area contributed by atoms with Crippen molar-refractivity contribution in [3.8, 4) is 50.6 Å². The third-order valence-corrected chi connectivity index (χ3v) is 25.2. The minimum atomic E-state index is -0.0455. The number of carbonyl (C=O) groups is 3. The zero-order chi connectivity index (χ0) is 80.5. The number of nitrogens with zero attached hydrogens (tertiary/aromatic N) is 9. The van der Waals surface area contributed by atoms with E-state index in [0.717, 1.165) is 226 Å². The van der Waals surface area contributed by atoms with Crippen LogP contribution in [0, 0.1) is 83.1 Å². The number of halogens is 6. The van der Waals surface area contributed by atoms with Crippen molar-refractivity contribution in [1.29, 1.82) is 0 Å². The molecule has 6 aromatic carbocycles. The van der Waals surface area contributed by atoms with Gasteiger partial charge in [-0.2, -0.15) is 15.3 Å². The number of amides is 3. The van der Waals surface area contributed by atoms with Crippen LogP contribution in [0.5, 0.6) is 17.2 Å². The summed E-state index contributed by atoms with van der Waals surface area (Å²) in [5, 5.41) is 30.8. The lowest BCUT2D eigenvalue weighted by atomic mass is 9.98. The van der Waals surface area contributed by atoms with Gasteiger partial charge >= 0.3 is 0 Å². The normalized spacial score (nSPS) is 15.3. The Morgan fingerprint density at radius 2 is 0.750 bits per heavy atom. The molecule has 3 aliphatic rings. The molecule has 0 radical (unpaired) electrons. The predicted molar refractivity (Wildman–Crippen MR) is 456 cm³/mol. The van der Waals surface area contributed by atoms with Gasteiger partial charge in [-0.1, -0.05) is 87.8 Å². The first-order chi connectivity index (χ1) is 53.3. The third-order valence-electron chi connectivity index (χ3n) is 22.4. The number of ether oxygens (including phenoxy) is 3. The molecule has 24 heteroatoms. The number of fused-ring (bicyclic) bond motifs is 9. The number of nitrogens with one attached hydrogen (secondary N) is 3. The molecule has 112 heavy (non-hydrogen) atoms. The smallest absolute Gasteiger partial charge is 0.268 e. The molecule has 0 saturated heterocycles. The van der Waals surface area contributed by atoms with Gasteiger partial charge in [0.2, 0.25) is 0 Å². The van der Waals surface area contributed by atoms with Crippen molar-refractivity contribution in [2.45, 2.75) is 180 Å². The largest absolute Gasteiger partial charge is 0.494 e. The maximum absolute atomic E-state index is 13.5. The highest BCUT2D eigenvalue weighted by atomic mass is 35.5. The summed E-state index contributed by atoms with van der Waals surface area (Å²) in [7, 11) is 5.83. The molecule has 0 saturated carbocycles. The van der Waals surface area contributed by atoms with Gasteiger partial charge in [0.15, 0.2) is 0 Å². The van der Waals surface area contributed by atoms with Gasteiger partial charge in [0.25, 0.3) is 17.7 Å². The molecular weight excluding hydrogens is 1530 g/mol. The lowest BCUT2D eigenvalue weighted by molar-refractivity contribution is 0.0901. The van der Waals surface area contributed by atoms with Crippen LogP contribution in [0.2, 0.25) is 30.1 Å². The minimum absolute atomic E-state index is 0.0195. The number of hydrogen-bond acceptors (Lipinski definition) is 9. The van der Waals surface area contributed by atoms with Crippen LogP contribution in [-0.2, 0) is 53.5 Å². The van der Waals surface area contributed by atoms with Crippen molar-refractivity contribution in [3.05, 3.63) is 204 Å². The fraction of sp³-hybridized carbons (Fsp3) is 0.386. The average Bonchev–Trinajstić information content (AvgIpc) is 1.57. The summed E-state index contributed by atoms with van der Waals surface area (Å²) in [6, 6.07) is 24.0. The van der Waals surface area contributed by atoms with E-state index < -0.39 is 0 Å². The van der Waals surface area contributed by atoms with Crippen LogP contribution < -0.4 is 30.2 Å². The van der Waals surface area contributed by atoms with Gasteiger partial charge in [-0.25, -0.2) is 0 Å². The number of hydrogen-bond donors (Lipinski definition) is 3. The molecule has 0 bridgehead atoms. The molecule has 3 atom stereocenters. The Morgan fingerprint density at radius 3 is 1.12 bits per heavy atom. The fourth-order valence-corrected chi connectivity index (χ4v) is 18.0. The maximum atomic E-state index is 13.5. The Balaban J connectivity index is 0.000000147. The zero-order valence-electron chi connectivity index (χ0n) is 67.1. The monoisotopic (exact) mass is 1630 g/mol. The highest BCUT2D eigenvalue weighted by Crippen LogP contribution is 2.47. The second-order valence-corrected chi connectivity index (χ2v) is 33.0. The Hall–Kier alpha value is -8.88. The van der Waals surface area contributed by atoms with Crippen LogP contribution in [0.1, 0.15) is 168 Å². The first kappa shape index (κ1) is 81.1. The van der Waals surface area contributed by atoms with Crippen LogP contribution in [0.25, 0.3) is 66.1 Å². The van der Waals surface area contributed by atoms with E-state index in [4.69, 9.17) is 83.8 Å². The fourth-order valence-electron chi connectivity index (χ4n) is 16.9. The third kappa shape index (κ3) is 15.3. The lowest BCUT2D eigenvalue weighted by Gasteiger charge is -2.25. The molecule has 0 aliphatic carbocycles. The number of aromatic nitrogens is 9. The Bertz CT molecular complexity index is 5700. The summed E-state index contributed by atoms with van der Waals surface area (Å²) >= 11 is 39.6. The van der Waals surface area contributed by atoms with Crippen LogP contribution in [-0.4, -0.2) is 99.2 Å². The van der Waals surface area contributed by atoms with Crippen molar-refractivity contribution in [2.24, 2.45) is 21.1 Å². The molecule has 0 spiro atoms. The molecular formula is C88H98Cl6N12O6. The molecule has 18 nitrogen and oxygen atoms in total. The molecule has 15 rings (SSSR count). The summed E-state index contributed by atoms with van der Waals surface area (Å²) < 4.78 is 30.4. The maximum Gasteiger partial charge on any atom is 0.268 e. The van der Waals surface area contributed by atoms with E-state index >= 15 is 0 Å². The molecule has 3 N–H and O–H groups in total. The van der Waals surface area contributed by atoms with Gasteiger partial charge < -0.3 is 43.9 Å². The quantitative estimate of drug-likeness (QED) is 0.0704. The van der Waals surface area contributed by atoms with Gasteiger partial charge in [0.05, 0.1) is 68.5 Å². The van der Waals surface area contributed by atoms with E-state index in [1.165, 1.54) is 0 Å². The first-order valence-corrected chi connectivity index (χ1v) is 40.7. The van der Waals surface area contributed by atoms with Crippen LogP contribution in [0.15, 0.2) is 72.8 Å². The predicted octanol–water partition coefficient (Wildman–Crippen LogP) is 20.7. The van der Waals surface area contributed by atoms with E-state index in [2.05, 4.69) is 91.7 Å². The van der Waals surface area contributed by atoms with E-state index in [0.29, 0.717) is 72.9 Å². The SMILES string of the molecule is Cc1cc(OCCCc2c3n(c4c(-c5c(C)nn(C)c5C)c(Cl)ccc24)C(C)CNC3=O)cc(C)c1Cl.Cc1cc(OCCCc2c3n(c4c(-c5c(C)nn(C)c5C)c(Cl)ccc24)CCC(C)NC3=O)cc(C)c1Cl.Cc1cc(OCCCc2c3n(c4c(-c5c(C)nn(C)c5C)c(Cl)ccc24)C[C@@H](C)NC3=O)cc(C)c1Cl. The number of carbonyl (C=O) groups excluding carboxylic acids is 3. The molecule has 3 amide bonds. The summed E-state index contributed by atoms with van der Waals surface area (Å²) in [4.78, 5) is 40.0. The average molecular weight is 1630 g/mol. The Labute approximate surface area is 685 Å². The van der Waals surface area contributed by atoms with Gasteiger partial charge in [-0.3, -0.25) is 28.4 Å². The summed E-state index contributed by atoms with van der Waals surface area (Å²) in [5.74, 6) is 2.31. The minimum Gasteiger partial charge on any atom is -0.494 e. The molecule has 2 unspecified atom stereocenters. The van der Waals surface area contributed by atoms with Gasteiger partial charge in [-0.05, 0) is 253 Å². The zero-order valence-corrected chi connectivity index (χ0v) is 71.6. The summed E-state index contributed by atoms with van der Waals surface area (Å²) in [6.45, 7) is 33.9. The molecule has 6 aromatic heterocycles. The molecule has 3 aliphatic heterocycles. The van der Waals surface area contributed by atoms with Crippen molar-refractivity contribution in [2.75, 3.05) is 26.4 Å². The van der Waals surface area contributed by atoms with Gasteiger partial charge in [0, 0.05) is 141 Å². The first-order valence-electron chi connectivity index (χ1n) is 38.4. The van der Waals surface area contributed by atoms with Crippen molar-refractivity contribution in [1.82, 2.24) is 59.0 Å². The van der Waals surface area contributed by atoms with Crippen molar-refractivity contribution >= 4 is 120 Å². The molecule has 588 valence electrons. The standard InChI is InChI=1S/C30H34Cl2N4O2.2C29H32Cl2N4O2/c1-16-14-21(15-17(2)27(16)32)38-13-7-8-22-23-9-10-24(31)26(25-19(4)34-35(6)20(25)5)28(23)36-12-11-18(3)33-30(37)29(22)36;1-15-12-20(13-16(2)26(15)31)37-11-7-8-21-22-9-10-23(30)25(24-18(4)33-34(6)19(24)5)27(22)35-14-17(3)32-29(36)28(21)35;1-15-12-20(13-16(2)26(15)31)37-11-7-8-21-22-9-10-23(30)25(24-18(4)33-34(6)19(24)5)27(22)35-17(3)14-32-29(36)28(21)35/h9-10,14-15,18H,7-8,11-13H2,1-6H3,(H,33,37);2*9-10,12-13,17H,7-8,11,14H2,1-6H3,(H,32,36)/t;17-;/m.1./s1. The number of benzene rings is 6. The number of rotatable bonds is 18. The van der Waals surface area contributed by atoms with Crippen LogP contribution >= 0.6 is 69.6 Å². The van der Waals surface area contributed by atoms with Crippen molar-refractivity contribution in [3.63, 3.8) is 0 Å². The molecule has 12 aromatic rings. The lowest BCUT2D eigenvalue weighted by Crippen LogP contribution is -2.42. The van der Waals surface area contributed by atoms with Crippen LogP contribution in [0.3, 0.4) is 0 Å². The highest BCUT2D eigenvalue weighted by Gasteiger charge is 2.36. The van der Waals surface area contributed by atoms with E-state index in [1.54, 1.807) is 0 Å². The second kappa shape index (κ2) is 32.9.